The van der Waals surface area contributed by atoms with E-state index in [1.54, 1.807) is 0 Å². The molecule has 0 aromatic heterocycles. The molecular weight excluding hydrogens is 256 g/mol. The molecule has 0 aromatic carbocycles. The third-order valence-corrected chi connectivity index (χ3v) is 5.66. The first kappa shape index (κ1) is 13.4. The molecule has 106 valence electrons. The molecule has 2 aliphatic carbocycles. The summed E-state index contributed by atoms with van der Waals surface area (Å²) >= 11 is 0. The van der Waals surface area contributed by atoms with Crippen molar-refractivity contribution >= 4 is 5.84 Å². The predicted molar refractivity (Wildman–Crippen MR) is 70.0 cm³/mol. The number of methoxy groups -OCH3 is 2. The van der Waals surface area contributed by atoms with Gasteiger partial charge in [0, 0.05) is 19.6 Å². The number of nitrogens with two attached hydrogens (primary N) is 1. The van der Waals surface area contributed by atoms with Gasteiger partial charge in [-0.2, -0.15) is 10.5 Å². The van der Waals surface area contributed by atoms with Crippen LogP contribution in [0.1, 0.15) is 32.1 Å². The topological polar surface area (TPSA) is 104 Å². The van der Waals surface area contributed by atoms with Crippen LogP contribution in [0.3, 0.4) is 0 Å². The van der Waals surface area contributed by atoms with Gasteiger partial charge in [0.2, 0.25) is 0 Å². The second-order valence-corrected chi connectivity index (χ2v) is 5.85. The second kappa shape index (κ2) is 3.72. The molecule has 2 saturated carbocycles. The number of fused-ring (bicyclic) bond motifs is 3. The minimum atomic E-state index is -1.46. The second-order valence-electron chi connectivity index (χ2n) is 5.85. The predicted octanol–water partition coefficient (Wildman–Crippen LogP) is 1.29. The minimum Gasteiger partial charge on any atom is -0.386 e. The van der Waals surface area contributed by atoms with Crippen LogP contribution in [0.25, 0.3) is 0 Å². The van der Waals surface area contributed by atoms with Crippen LogP contribution in [0, 0.1) is 38.9 Å². The number of nitrogens with zero attached hydrogens (tertiary/aromatic N) is 3. The van der Waals surface area contributed by atoms with E-state index in [1.807, 2.05) is 0 Å². The molecule has 1 aliphatic heterocycles. The molecule has 6 heteroatoms. The van der Waals surface area contributed by atoms with E-state index in [0.717, 1.165) is 32.1 Å². The lowest BCUT2D eigenvalue weighted by Crippen LogP contribution is -2.44. The molecule has 0 aromatic rings. The highest BCUT2D eigenvalue weighted by molar-refractivity contribution is 6.00. The van der Waals surface area contributed by atoms with Gasteiger partial charge in [0.25, 0.3) is 5.91 Å². The van der Waals surface area contributed by atoms with E-state index in [2.05, 4.69) is 17.1 Å². The molecule has 3 rings (SSSR count). The number of ether oxygens (including phenoxy) is 2. The van der Waals surface area contributed by atoms with Gasteiger partial charge in [0.15, 0.2) is 5.41 Å². The first-order chi connectivity index (χ1) is 9.58. The Hall–Kier alpha value is -1.63. The largest absolute Gasteiger partial charge is 0.386 e. The monoisotopic (exact) mass is 274 g/mol. The standard InChI is InChI=1S/C14H18N4O2/c1-19-14(20-2)13(9-16)11(6-4-3-5-7-11)12(13,8-15)10(17)18-14/h3-7H2,1-2H3,(H2,17,18)/t12-,13+/m0/s1. The zero-order valence-corrected chi connectivity index (χ0v) is 11.8. The van der Waals surface area contributed by atoms with Crippen LogP contribution >= 0.6 is 0 Å². The van der Waals surface area contributed by atoms with Gasteiger partial charge in [0.1, 0.15) is 11.3 Å². The van der Waals surface area contributed by atoms with Crippen molar-refractivity contribution in [2.75, 3.05) is 14.2 Å². The fraction of sp³-hybridized carbons (Fsp3) is 0.786. The van der Waals surface area contributed by atoms with E-state index < -0.39 is 22.2 Å². The van der Waals surface area contributed by atoms with Gasteiger partial charge < -0.3 is 15.2 Å². The number of hydrogen-bond donors (Lipinski definition) is 1. The van der Waals surface area contributed by atoms with Crippen molar-refractivity contribution in [3.8, 4) is 12.1 Å². The van der Waals surface area contributed by atoms with E-state index in [4.69, 9.17) is 15.2 Å². The molecule has 0 unspecified atom stereocenters. The lowest BCUT2D eigenvalue weighted by atomic mass is 9.76. The molecule has 2 atom stereocenters. The maximum absolute atomic E-state index is 9.91. The van der Waals surface area contributed by atoms with Crippen molar-refractivity contribution in [1.29, 1.82) is 10.5 Å². The van der Waals surface area contributed by atoms with Gasteiger partial charge in [-0.25, -0.2) is 4.99 Å². The van der Waals surface area contributed by atoms with Crippen LogP contribution in [0.4, 0.5) is 0 Å². The summed E-state index contributed by atoms with van der Waals surface area (Å²) in [7, 11) is 2.89. The lowest BCUT2D eigenvalue weighted by molar-refractivity contribution is -0.238. The number of rotatable bonds is 2. The molecule has 1 heterocycles. The Morgan fingerprint density at radius 3 is 2.15 bits per heavy atom. The number of aliphatic imine (C=N–C) groups is 1. The van der Waals surface area contributed by atoms with Crippen molar-refractivity contribution < 1.29 is 9.47 Å². The van der Waals surface area contributed by atoms with Crippen molar-refractivity contribution in [3.05, 3.63) is 0 Å². The van der Waals surface area contributed by atoms with Gasteiger partial charge >= 0.3 is 0 Å². The number of hydrogen-bond acceptors (Lipinski definition) is 6. The third-order valence-electron chi connectivity index (χ3n) is 5.66. The zero-order valence-electron chi connectivity index (χ0n) is 11.8. The van der Waals surface area contributed by atoms with Gasteiger partial charge in [-0.3, -0.25) is 0 Å². The summed E-state index contributed by atoms with van der Waals surface area (Å²) in [6.07, 6.45) is 4.68. The van der Waals surface area contributed by atoms with Crippen molar-refractivity contribution in [1.82, 2.24) is 0 Å². The van der Waals surface area contributed by atoms with E-state index in [1.165, 1.54) is 14.2 Å². The van der Waals surface area contributed by atoms with Crippen LogP contribution in [0.2, 0.25) is 0 Å². The van der Waals surface area contributed by atoms with Crippen LogP contribution in [-0.4, -0.2) is 26.0 Å². The average molecular weight is 274 g/mol. The van der Waals surface area contributed by atoms with E-state index >= 15 is 0 Å². The van der Waals surface area contributed by atoms with Gasteiger partial charge in [-0.15, -0.1) is 0 Å². The highest BCUT2D eigenvalue weighted by Crippen LogP contribution is 2.88. The quantitative estimate of drug-likeness (QED) is 0.764. The molecule has 0 amide bonds. The Labute approximate surface area is 118 Å². The summed E-state index contributed by atoms with van der Waals surface area (Å²) in [5.74, 6) is -1.27. The summed E-state index contributed by atoms with van der Waals surface area (Å²) in [5.41, 5.74) is 3.39. The maximum Gasteiger partial charge on any atom is 0.292 e. The fourth-order valence-corrected chi connectivity index (χ4v) is 4.89. The third kappa shape index (κ3) is 0.905. The summed E-state index contributed by atoms with van der Waals surface area (Å²) < 4.78 is 10.9. The lowest BCUT2D eigenvalue weighted by Gasteiger charge is -2.35. The van der Waals surface area contributed by atoms with Crippen molar-refractivity contribution in [3.63, 3.8) is 0 Å². The SMILES string of the molecule is COC1(OC)N=C(N)[C@@]2(C#N)C3(CCCCC3)[C@@]12C#N. The molecule has 2 N–H and O–H groups in total. The van der Waals surface area contributed by atoms with E-state index in [-0.39, 0.29) is 5.84 Å². The molecule has 20 heavy (non-hydrogen) atoms. The Bertz CT molecular complexity index is 563. The van der Waals surface area contributed by atoms with Crippen LogP contribution < -0.4 is 5.73 Å². The maximum atomic E-state index is 9.91. The summed E-state index contributed by atoms with van der Waals surface area (Å²) in [5, 5.41) is 19.7. The Balaban J connectivity index is 2.26. The normalized spacial score (nSPS) is 39.5. The Morgan fingerprint density at radius 1 is 1.10 bits per heavy atom. The zero-order chi connectivity index (χ0) is 14.6. The molecule has 3 aliphatic rings. The first-order valence-electron chi connectivity index (χ1n) is 6.86. The number of amidine groups is 1. The fourth-order valence-electron chi connectivity index (χ4n) is 4.89. The smallest absolute Gasteiger partial charge is 0.292 e. The summed E-state index contributed by atoms with van der Waals surface area (Å²) in [4.78, 5) is 4.23. The van der Waals surface area contributed by atoms with Gasteiger partial charge in [-0.1, -0.05) is 19.3 Å². The molecule has 2 fully saturated rings. The Morgan fingerprint density at radius 2 is 1.70 bits per heavy atom. The highest BCUT2D eigenvalue weighted by atomic mass is 16.7. The summed E-state index contributed by atoms with van der Waals surface area (Å²) in [6.45, 7) is 0. The molecule has 0 bridgehead atoms. The van der Waals surface area contributed by atoms with Crippen LogP contribution in [0.5, 0.6) is 0 Å². The van der Waals surface area contributed by atoms with E-state index in [9.17, 15) is 10.5 Å². The van der Waals surface area contributed by atoms with Crippen molar-refractivity contribution in [2.45, 2.75) is 38.0 Å². The molecule has 6 nitrogen and oxygen atoms in total. The van der Waals surface area contributed by atoms with Gasteiger partial charge in [0.05, 0.1) is 12.1 Å². The Kier molecular flexibility index (Phi) is 2.48. The molecule has 0 radical (unpaired) electrons. The number of nitriles is 2. The molecule has 0 saturated heterocycles. The average Bonchev–Trinajstić information content (AvgIpc) is 2.89. The van der Waals surface area contributed by atoms with Gasteiger partial charge in [-0.05, 0) is 12.8 Å². The first-order valence-corrected chi connectivity index (χ1v) is 6.86. The summed E-state index contributed by atoms with van der Waals surface area (Å²) in [6, 6.07) is 4.62. The van der Waals surface area contributed by atoms with E-state index in [0.29, 0.717) is 0 Å². The van der Waals surface area contributed by atoms with Crippen molar-refractivity contribution in [2.24, 2.45) is 27.0 Å². The van der Waals surface area contributed by atoms with Crippen LogP contribution in [-0.2, 0) is 9.47 Å². The van der Waals surface area contributed by atoms with Crippen LogP contribution in [0.15, 0.2) is 4.99 Å². The highest BCUT2D eigenvalue weighted by Gasteiger charge is 3.00. The minimum absolute atomic E-state index is 0.187. The molecule has 1 spiro atoms. The molecular formula is C14H18N4O2.